The minimum Gasteiger partial charge on any atom is -0.507 e. The van der Waals surface area contributed by atoms with E-state index in [4.69, 9.17) is 0 Å². The molecule has 0 amide bonds. The molecule has 2 aromatic rings. The molecule has 0 saturated heterocycles. The third-order valence-electron chi connectivity index (χ3n) is 6.23. The second-order valence-corrected chi connectivity index (χ2v) is 10.8. The number of aromatic hydroxyl groups is 2. The number of rotatable bonds is 3. The monoisotopic (exact) mass is 395 g/mol. The quantitative estimate of drug-likeness (QED) is 0.590. The van der Waals surface area contributed by atoms with E-state index in [1.807, 2.05) is 6.92 Å². The molecule has 1 atom stereocenters. The van der Waals surface area contributed by atoms with Crippen LogP contribution in [0.4, 0.5) is 0 Å². The molecule has 1 aliphatic rings. The van der Waals surface area contributed by atoms with E-state index in [0.717, 1.165) is 35.1 Å². The van der Waals surface area contributed by atoms with Crippen molar-refractivity contribution in [2.75, 3.05) is 0 Å². The summed E-state index contributed by atoms with van der Waals surface area (Å²) in [6.07, 6.45) is 2.01. The highest BCUT2D eigenvalue weighted by atomic mass is 16.3. The molecular formula is C26H37NO2. The SMILES string of the molecule is Cc1cc(C)c2c(c1O)C(NCc1cc(C(C)(C)C)c(O)c(C(C)(C)C)c1)CC2. The molecule has 1 aliphatic carbocycles. The van der Waals surface area contributed by atoms with Crippen molar-refractivity contribution < 1.29 is 10.2 Å². The Morgan fingerprint density at radius 2 is 1.41 bits per heavy atom. The summed E-state index contributed by atoms with van der Waals surface area (Å²) in [6, 6.07) is 6.51. The highest BCUT2D eigenvalue weighted by molar-refractivity contribution is 5.53. The van der Waals surface area contributed by atoms with Gasteiger partial charge in [0.1, 0.15) is 11.5 Å². The zero-order valence-electron chi connectivity index (χ0n) is 19.3. The van der Waals surface area contributed by atoms with Crippen molar-refractivity contribution in [2.45, 2.75) is 91.6 Å². The van der Waals surface area contributed by atoms with Gasteiger partial charge in [-0.15, -0.1) is 0 Å². The summed E-state index contributed by atoms with van der Waals surface area (Å²) in [4.78, 5) is 0. The van der Waals surface area contributed by atoms with E-state index in [9.17, 15) is 10.2 Å². The van der Waals surface area contributed by atoms with Crippen LogP contribution in [-0.2, 0) is 23.8 Å². The normalized spacial score (nSPS) is 16.9. The van der Waals surface area contributed by atoms with Gasteiger partial charge in [0, 0.05) is 18.2 Å². The van der Waals surface area contributed by atoms with E-state index in [2.05, 4.69) is 72.0 Å². The number of aryl methyl sites for hydroxylation is 2. The molecular weight excluding hydrogens is 358 g/mol. The van der Waals surface area contributed by atoms with Gasteiger partial charge in [0.05, 0.1) is 0 Å². The molecule has 3 rings (SSSR count). The lowest BCUT2D eigenvalue weighted by atomic mass is 9.78. The zero-order valence-corrected chi connectivity index (χ0v) is 19.3. The Morgan fingerprint density at radius 3 is 1.93 bits per heavy atom. The van der Waals surface area contributed by atoms with E-state index in [-0.39, 0.29) is 16.9 Å². The van der Waals surface area contributed by atoms with Crippen LogP contribution in [0.25, 0.3) is 0 Å². The fourth-order valence-corrected chi connectivity index (χ4v) is 4.57. The van der Waals surface area contributed by atoms with Gasteiger partial charge in [-0.3, -0.25) is 0 Å². The minimum absolute atomic E-state index is 0.132. The van der Waals surface area contributed by atoms with Crippen molar-refractivity contribution >= 4 is 0 Å². The van der Waals surface area contributed by atoms with Crippen molar-refractivity contribution in [1.82, 2.24) is 5.32 Å². The molecule has 0 bridgehead atoms. The van der Waals surface area contributed by atoms with Crippen LogP contribution in [0.5, 0.6) is 11.5 Å². The summed E-state index contributed by atoms with van der Waals surface area (Å²) in [7, 11) is 0. The Balaban J connectivity index is 1.94. The van der Waals surface area contributed by atoms with Crippen molar-refractivity contribution in [3.63, 3.8) is 0 Å². The van der Waals surface area contributed by atoms with Gasteiger partial charge in [-0.25, -0.2) is 0 Å². The summed E-state index contributed by atoms with van der Waals surface area (Å²) in [6.45, 7) is 17.7. The fourth-order valence-electron chi connectivity index (χ4n) is 4.57. The van der Waals surface area contributed by atoms with Gasteiger partial charge in [0.2, 0.25) is 0 Å². The second-order valence-electron chi connectivity index (χ2n) is 10.8. The highest BCUT2D eigenvalue weighted by Crippen LogP contribution is 2.42. The lowest BCUT2D eigenvalue weighted by Crippen LogP contribution is -2.22. The van der Waals surface area contributed by atoms with Crippen molar-refractivity contribution in [2.24, 2.45) is 0 Å². The Labute approximate surface area is 176 Å². The Morgan fingerprint density at radius 1 is 0.862 bits per heavy atom. The maximum absolute atomic E-state index is 10.9. The molecule has 2 aromatic carbocycles. The van der Waals surface area contributed by atoms with Crippen LogP contribution in [0.1, 0.15) is 92.9 Å². The number of phenols is 2. The first-order valence-corrected chi connectivity index (χ1v) is 10.7. The molecule has 0 heterocycles. The van der Waals surface area contributed by atoms with Crippen LogP contribution < -0.4 is 5.32 Å². The standard InChI is InChI=1S/C26H37NO2/c1-15-11-16(2)23(28)22-18(15)9-10-21(22)27-14-17-12-19(25(3,4)5)24(29)20(13-17)26(6,7)8/h11-13,21,27-29H,9-10,14H2,1-8H3. The maximum atomic E-state index is 10.9. The van der Waals surface area contributed by atoms with Crippen LogP contribution in [0.15, 0.2) is 18.2 Å². The number of hydrogen-bond donors (Lipinski definition) is 3. The second kappa shape index (κ2) is 7.36. The molecule has 3 nitrogen and oxygen atoms in total. The van der Waals surface area contributed by atoms with Crippen LogP contribution in [0.3, 0.4) is 0 Å². The average Bonchev–Trinajstić information content (AvgIpc) is 3.01. The molecule has 29 heavy (non-hydrogen) atoms. The summed E-state index contributed by atoms with van der Waals surface area (Å²) < 4.78 is 0. The highest BCUT2D eigenvalue weighted by Gasteiger charge is 2.29. The third-order valence-corrected chi connectivity index (χ3v) is 6.23. The summed E-state index contributed by atoms with van der Waals surface area (Å²) >= 11 is 0. The van der Waals surface area contributed by atoms with Gasteiger partial charge in [-0.1, -0.05) is 59.7 Å². The lowest BCUT2D eigenvalue weighted by molar-refractivity contribution is 0.421. The number of benzene rings is 2. The number of fused-ring (bicyclic) bond motifs is 1. The minimum atomic E-state index is -0.132. The van der Waals surface area contributed by atoms with Crippen LogP contribution >= 0.6 is 0 Å². The van der Waals surface area contributed by atoms with Gasteiger partial charge in [0.15, 0.2) is 0 Å². The topological polar surface area (TPSA) is 52.5 Å². The molecule has 0 fully saturated rings. The van der Waals surface area contributed by atoms with E-state index in [1.165, 1.54) is 16.7 Å². The van der Waals surface area contributed by atoms with Crippen molar-refractivity contribution in [3.8, 4) is 11.5 Å². The number of nitrogens with one attached hydrogen (secondary N) is 1. The molecule has 3 heteroatoms. The number of hydrogen-bond acceptors (Lipinski definition) is 3. The van der Waals surface area contributed by atoms with E-state index < -0.39 is 0 Å². The van der Waals surface area contributed by atoms with Gasteiger partial charge >= 0.3 is 0 Å². The van der Waals surface area contributed by atoms with Gasteiger partial charge < -0.3 is 15.5 Å². The summed E-state index contributed by atoms with van der Waals surface area (Å²) in [5.41, 5.74) is 7.48. The largest absolute Gasteiger partial charge is 0.507 e. The van der Waals surface area contributed by atoms with E-state index in [0.29, 0.717) is 18.0 Å². The van der Waals surface area contributed by atoms with Crippen LogP contribution in [0, 0.1) is 13.8 Å². The summed E-state index contributed by atoms with van der Waals surface area (Å²) in [5.74, 6) is 0.862. The molecule has 0 saturated carbocycles. The molecule has 0 aliphatic heterocycles. The molecule has 3 N–H and O–H groups in total. The molecule has 0 spiro atoms. The first-order valence-electron chi connectivity index (χ1n) is 10.7. The average molecular weight is 396 g/mol. The first kappa shape index (κ1) is 21.7. The zero-order chi connectivity index (χ0) is 21.7. The molecule has 1 unspecified atom stereocenters. The number of phenolic OH excluding ortho intramolecular Hbond substituents is 2. The predicted molar refractivity (Wildman–Crippen MR) is 121 cm³/mol. The molecule has 0 aromatic heterocycles. The first-order chi connectivity index (χ1) is 13.3. The van der Waals surface area contributed by atoms with E-state index >= 15 is 0 Å². The molecule has 158 valence electrons. The van der Waals surface area contributed by atoms with E-state index in [1.54, 1.807) is 0 Å². The van der Waals surface area contributed by atoms with Gasteiger partial charge in [-0.05, 0) is 70.9 Å². The Bertz CT molecular complexity index is 894. The molecule has 0 radical (unpaired) electrons. The van der Waals surface area contributed by atoms with Gasteiger partial charge in [-0.2, -0.15) is 0 Å². The van der Waals surface area contributed by atoms with Crippen LogP contribution in [-0.4, -0.2) is 10.2 Å². The Kier molecular flexibility index (Phi) is 5.51. The fraction of sp³-hybridized carbons (Fsp3) is 0.538. The third kappa shape index (κ3) is 4.16. The van der Waals surface area contributed by atoms with Crippen LogP contribution in [0.2, 0.25) is 0 Å². The lowest BCUT2D eigenvalue weighted by Gasteiger charge is -2.28. The maximum Gasteiger partial charge on any atom is 0.123 e. The smallest absolute Gasteiger partial charge is 0.123 e. The van der Waals surface area contributed by atoms with Crippen molar-refractivity contribution in [3.05, 3.63) is 57.1 Å². The predicted octanol–water partition coefficient (Wildman–Crippen LogP) is 6.09. The van der Waals surface area contributed by atoms with Gasteiger partial charge in [0.25, 0.3) is 0 Å². The van der Waals surface area contributed by atoms with Crippen molar-refractivity contribution in [1.29, 1.82) is 0 Å². The Hall–Kier alpha value is -2.00. The summed E-state index contributed by atoms with van der Waals surface area (Å²) in [5, 5.41) is 25.3.